The minimum Gasteiger partial charge on any atom is -0.362 e. The number of carbonyl (C=O) groups excluding carboxylic acids is 1. The maximum absolute atomic E-state index is 11.7. The van der Waals surface area contributed by atoms with Gasteiger partial charge in [-0.05, 0) is 50.5 Å². The maximum atomic E-state index is 11.7. The molecule has 1 aromatic carbocycles. The fourth-order valence-corrected chi connectivity index (χ4v) is 5.06. The molecule has 2 aliphatic rings. The van der Waals surface area contributed by atoms with Gasteiger partial charge in [-0.3, -0.25) is 4.79 Å². The standard InChI is InChI=1S/C25H27N7O/c1-15-19(11-26)6-5-7-20(15)16(2)28-24-21-10-23(27-12-22(21)17(3)29-30-24)32-9-8-25(32)13-31(14-25)18(4)33/h5-7,10,12,16H,8-9,13-14H2,1-4H3,(H,28,30)/t16-/m1/s1. The Bertz CT molecular complexity index is 1310. The van der Waals surface area contributed by atoms with Crippen molar-refractivity contribution in [2.24, 2.45) is 0 Å². The molecule has 3 aromatic rings. The van der Waals surface area contributed by atoms with E-state index < -0.39 is 0 Å². The number of nitriles is 1. The van der Waals surface area contributed by atoms with E-state index >= 15 is 0 Å². The van der Waals surface area contributed by atoms with Gasteiger partial charge in [-0.25, -0.2) is 4.98 Å². The molecule has 2 aliphatic heterocycles. The zero-order valence-electron chi connectivity index (χ0n) is 19.4. The second-order valence-corrected chi connectivity index (χ2v) is 9.22. The van der Waals surface area contributed by atoms with Gasteiger partial charge in [0.2, 0.25) is 5.91 Å². The molecule has 1 amide bonds. The van der Waals surface area contributed by atoms with Gasteiger partial charge < -0.3 is 15.1 Å². The second kappa shape index (κ2) is 7.69. The largest absolute Gasteiger partial charge is 0.362 e. The maximum Gasteiger partial charge on any atom is 0.219 e. The van der Waals surface area contributed by atoms with Crippen LogP contribution in [-0.4, -0.2) is 51.2 Å². The van der Waals surface area contributed by atoms with Crippen LogP contribution in [-0.2, 0) is 4.79 Å². The van der Waals surface area contributed by atoms with Gasteiger partial charge in [0.05, 0.1) is 28.9 Å². The van der Waals surface area contributed by atoms with Crippen LogP contribution in [0.3, 0.4) is 0 Å². The van der Waals surface area contributed by atoms with E-state index in [0.717, 1.165) is 59.5 Å². The number of anilines is 2. The number of fused-ring (bicyclic) bond motifs is 1. The molecule has 2 aromatic heterocycles. The number of benzene rings is 1. The highest BCUT2D eigenvalue weighted by atomic mass is 16.2. The van der Waals surface area contributed by atoms with Crippen LogP contribution in [0.5, 0.6) is 0 Å². The van der Waals surface area contributed by atoms with Crippen LogP contribution < -0.4 is 10.2 Å². The van der Waals surface area contributed by atoms with E-state index in [2.05, 4.69) is 39.5 Å². The van der Waals surface area contributed by atoms with Crippen molar-refractivity contribution in [1.82, 2.24) is 20.1 Å². The van der Waals surface area contributed by atoms with Gasteiger partial charge in [0, 0.05) is 43.5 Å². The topological polar surface area (TPSA) is 98.0 Å². The fraction of sp³-hybridized carbons (Fsp3) is 0.400. The summed E-state index contributed by atoms with van der Waals surface area (Å²) in [4.78, 5) is 20.6. The zero-order valence-corrected chi connectivity index (χ0v) is 19.4. The lowest BCUT2D eigenvalue weighted by atomic mass is 9.77. The summed E-state index contributed by atoms with van der Waals surface area (Å²) in [6.07, 6.45) is 2.94. The second-order valence-electron chi connectivity index (χ2n) is 9.22. The third-order valence-corrected chi connectivity index (χ3v) is 7.22. The molecule has 0 saturated carbocycles. The van der Waals surface area contributed by atoms with E-state index in [0.29, 0.717) is 11.4 Å². The van der Waals surface area contributed by atoms with E-state index in [1.165, 1.54) is 0 Å². The van der Waals surface area contributed by atoms with Gasteiger partial charge in [-0.1, -0.05) is 12.1 Å². The molecule has 1 spiro atoms. The van der Waals surface area contributed by atoms with Gasteiger partial charge >= 0.3 is 0 Å². The summed E-state index contributed by atoms with van der Waals surface area (Å²) in [5.74, 6) is 1.73. The molecule has 5 rings (SSSR count). The van der Waals surface area contributed by atoms with E-state index in [1.807, 2.05) is 43.1 Å². The summed E-state index contributed by atoms with van der Waals surface area (Å²) in [5, 5.41) is 23.6. The van der Waals surface area contributed by atoms with E-state index in [-0.39, 0.29) is 17.5 Å². The van der Waals surface area contributed by atoms with Crippen molar-refractivity contribution in [3.8, 4) is 6.07 Å². The quantitative estimate of drug-likeness (QED) is 0.662. The van der Waals surface area contributed by atoms with Gasteiger partial charge in [0.15, 0.2) is 5.82 Å². The first kappa shape index (κ1) is 21.1. The average molecular weight is 442 g/mol. The Morgan fingerprint density at radius 2 is 2.03 bits per heavy atom. The molecule has 2 fully saturated rings. The third kappa shape index (κ3) is 3.35. The van der Waals surface area contributed by atoms with Gasteiger partial charge in [0.25, 0.3) is 0 Å². The zero-order chi connectivity index (χ0) is 23.3. The SMILES string of the molecule is CC(=O)N1CC2(CCN2c2cc3c(N[C@H](C)c4cccc(C#N)c4C)nnc(C)c3cn2)C1. The number of pyridine rings is 1. The number of nitrogens with one attached hydrogen (secondary N) is 1. The lowest BCUT2D eigenvalue weighted by Gasteiger charge is -2.62. The number of amides is 1. The van der Waals surface area contributed by atoms with Gasteiger partial charge in [0.1, 0.15) is 5.82 Å². The van der Waals surface area contributed by atoms with E-state index in [1.54, 1.807) is 6.92 Å². The van der Waals surface area contributed by atoms with Crippen LogP contribution in [0.2, 0.25) is 0 Å². The van der Waals surface area contributed by atoms with Crippen LogP contribution in [0.1, 0.15) is 48.7 Å². The number of likely N-dealkylation sites (tertiary alicyclic amines) is 1. The van der Waals surface area contributed by atoms with E-state index in [4.69, 9.17) is 4.98 Å². The molecule has 4 heterocycles. The Morgan fingerprint density at radius 1 is 1.24 bits per heavy atom. The van der Waals surface area contributed by atoms with Crippen LogP contribution in [0.4, 0.5) is 11.6 Å². The number of rotatable bonds is 4. The fourth-order valence-electron chi connectivity index (χ4n) is 5.06. The molecule has 33 heavy (non-hydrogen) atoms. The van der Waals surface area contributed by atoms with Crippen molar-refractivity contribution < 1.29 is 4.79 Å². The predicted octanol–water partition coefficient (Wildman–Crippen LogP) is 3.50. The predicted molar refractivity (Wildman–Crippen MR) is 127 cm³/mol. The molecular formula is C25H27N7O. The first-order valence-corrected chi connectivity index (χ1v) is 11.3. The molecule has 0 unspecified atom stereocenters. The molecule has 0 aliphatic carbocycles. The van der Waals surface area contributed by atoms with E-state index in [9.17, 15) is 10.1 Å². The summed E-state index contributed by atoms with van der Waals surface area (Å²) >= 11 is 0. The molecular weight excluding hydrogens is 414 g/mol. The van der Waals surface area contributed by atoms with Gasteiger partial charge in [-0.15, -0.1) is 5.10 Å². The number of aryl methyl sites for hydroxylation is 1. The Labute approximate surface area is 193 Å². The van der Waals surface area contributed by atoms with Crippen LogP contribution in [0.25, 0.3) is 10.8 Å². The van der Waals surface area contributed by atoms with Crippen LogP contribution in [0.15, 0.2) is 30.5 Å². The Hall–Kier alpha value is -3.73. The molecule has 0 radical (unpaired) electrons. The van der Waals surface area contributed by atoms with Crippen LogP contribution in [0, 0.1) is 25.2 Å². The lowest BCUT2D eigenvalue weighted by molar-refractivity contribution is -0.138. The van der Waals surface area contributed by atoms with Crippen molar-refractivity contribution in [1.29, 1.82) is 5.26 Å². The first-order chi connectivity index (χ1) is 15.8. The van der Waals surface area contributed by atoms with Crippen molar-refractivity contribution in [2.45, 2.75) is 45.7 Å². The molecule has 2 saturated heterocycles. The number of hydrogen-bond donors (Lipinski definition) is 1. The molecule has 8 nitrogen and oxygen atoms in total. The molecule has 168 valence electrons. The van der Waals surface area contributed by atoms with Crippen LogP contribution >= 0.6 is 0 Å². The number of carbonyl (C=O) groups is 1. The molecule has 1 atom stereocenters. The highest BCUT2D eigenvalue weighted by Gasteiger charge is 2.54. The summed E-state index contributed by atoms with van der Waals surface area (Å²) in [5.41, 5.74) is 3.54. The summed E-state index contributed by atoms with van der Waals surface area (Å²) in [7, 11) is 0. The van der Waals surface area contributed by atoms with Gasteiger partial charge in [-0.2, -0.15) is 10.4 Å². The minimum absolute atomic E-state index is 0.0115. The third-order valence-electron chi connectivity index (χ3n) is 7.22. The summed E-state index contributed by atoms with van der Waals surface area (Å²) < 4.78 is 0. The van der Waals surface area contributed by atoms with Crippen molar-refractivity contribution in [2.75, 3.05) is 29.9 Å². The monoisotopic (exact) mass is 441 g/mol. The number of aromatic nitrogens is 3. The smallest absolute Gasteiger partial charge is 0.219 e. The Kier molecular flexibility index (Phi) is 4.93. The Morgan fingerprint density at radius 3 is 2.70 bits per heavy atom. The summed E-state index contributed by atoms with van der Waals surface area (Å²) in [6, 6.07) is 10.1. The van der Waals surface area contributed by atoms with Crippen molar-refractivity contribution in [3.05, 3.63) is 52.8 Å². The molecule has 1 N–H and O–H groups in total. The lowest BCUT2D eigenvalue weighted by Crippen LogP contribution is -2.77. The molecule has 0 bridgehead atoms. The average Bonchev–Trinajstić information content (AvgIpc) is 2.74. The number of hydrogen-bond acceptors (Lipinski definition) is 7. The highest BCUT2D eigenvalue weighted by Crippen LogP contribution is 2.42. The Balaban J connectivity index is 1.47. The summed E-state index contributed by atoms with van der Waals surface area (Å²) in [6.45, 7) is 10.0. The highest BCUT2D eigenvalue weighted by molar-refractivity contribution is 5.94. The van der Waals surface area contributed by atoms with Crippen molar-refractivity contribution in [3.63, 3.8) is 0 Å². The van der Waals surface area contributed by atoms with Crippen molar-refractivity contribution >= 4 is 28.3 Å². The molecule has 8 heteroatoms. The first-order valence-electron chi connectivity index (χ1n) is 11.3. The normalized spacial score (nSPS) is 17.3. The minimum atomic E-state index is -0.0544. The number of nitrogens with zero attached hydrogens (tertiary/aromatic N) is 6.